The van der Waals surface area contributed by atoms with Crippen molar-refractivity contribution in [2.24, 2.45) is 0 Å². The van der Waals surface area contributed by atoms with Gasteiger partial charge in [0.15, 0.2) is 11.5 Å². The molecule has 0 radical (unpaired) electrons. The first-order chi connectivity index (χ1) is 11.8. The number of rotatable bonds is 3. The molecule has 24 heavy (non-hydrogen) atoms. The molecule has 1 unspecified atom stereocenters. The Bertz CT molecular complexity index is 769. The van der Waals surface area contributed by atoms with Crippen molar-refractivity contribution >= 4 is 0 Å². The first kappa shape index (κ1) is 15.5. The van der Waals surface area contributed by atoms with Crippen LogP contribution in [0.25, 0.3) is 0 Å². The van der Waals surface area contributed by atoms with Gasteiger partial charge in [0.2, 0.25) is 0 Å². The molecule has 2 aromatic rings. The lowest BCUT2D eigenvalue weighted by atomic mass is 9.81. The van der Waals surface area contributed by atoms with Crippen LogP contribution in [0.2, 0.25) is 0 Å². The van der Waals surface area contributed by atoms with Gasteiger partial charge in [0.05, 0.1) is 14.2 Å². The first-order valence-corrected chi connectivity index (χ1v) is 8.83. The molecule has 1 aliphatic carbocycles. The molecule has 0 bridgehead atoms. The van der Waals surface area contributed by atoms with E-state index in [-0.39, 0.29) is 0 Å². The fourth-order valence-electron chi connectivity index (χ4n) is 4.44. The number of hydrogen-bond donors (Lipinski definition) is 0. The van der Waals surface area contributed by atoms with E-state index in [0.717, 1.165) is 44.0 Å². The first-order valence-electron chi connectivity index (χ1n) is 8.83. The zero-order chi connectivity index (χ0) is 16.7. The highest BCUT2D eigenvalue weighted by molar-refractivity contribution is 5.60. The third kappa shape index (κ3) is 2.30. The number of benzene rings is 2. The largest absolute Gasteiger partial charge is 0.493 e. The van der Waals surface area contributed by atoms with Gasteiger partial charge in [-0.25, -0.2) is 0 Å². The van der Waals surface area contributed by atoms with Crippen LogP contribution in [0.5, 0.6) is 11.5 Å². The number of ether oxygens (including phenoxy) is 2. The predicted octanol–water partition coefficient (Wildman–Crippen LogP) is 3.77. The highest BCUT2D eigenvalue weighted by Gasteiger charge is 2.34. The second kappa shape index (κ2) is 6.14. The van der Waals surface area contributed by atoms with E-state index in [2.05, 4.69) is 42.2 Å². The molecule has 1 aliphatic heterocycles. The Morgan fingerprint density at radius 3 is 2.62 bits per heavy atom. The molecule has 0 spiro atoms. The molecular weight excluding hydrogens is 298 g/mol. The van der Waals surface area contributed by atoms with Gasteiger partial charge >= 0.3 is 0 Å². The van der Waals surface area contributed by atoms with Gasteiger partial charge in [-0.3, -0.25) is 4.90 Å². The van der Waals surface area contributed by atoms with E-state index in [0.29, 0.717) is 5.92 Å². The van der Waals surface area contributed by atoms with Crippen LogP contribution in [0.4, 0.5) is 0 Å². The Morgan fingerprint density at radius 2 is 1.88 bits per heavy atom. The fourth-order valence-corrected chi connectivity index (χ4v) is 4.44. The van der Waals surface area contributed by atoms with Gasteiger partial charge in [-0.2, -0.15) is 0 Å². The smallest absolute Gasteiger partial charge is 0.165 e. The highest BCUT2D eigenvalue weighted by atomic mass is 16.5. The summed E-state index contributed by atoms with van der Waals surface area (Å²) in [4.78, 5) is 2.51. The maximum absolute atomic E-state index is 5.78. The van der Waals surface area contributed by atoms with E-state index >= 15 is 0 Å². The van der Waals surface area contributed by atoms with Crippen LogP contribution in [0.3, 0.4) is 0 Å². The van der Waals surface area contributed by atoms with Gasteiger partial charge in [0.1, 0.15) is 0 Å². The monoisotopic (exact) mass is 323 g/mol. The van der Waals surface area contributed by atoms with Gasteiger partial charge in [0.25, 0.3) is 0 Å². The Kier molecular flexibility index (Phi) is 3.97. The van der Waals surface area contributed by atoms with Crippen LogP contribution in [0.1, 0.15) is 40.7 Å². The number of methoxy groups -OCH3 is 2. The molecule has 2 aromatic carbocycles. The van der Waals surface area contributed by atoms with Crippen molar-refractivity contribution in [1.82, 2.24) is 4.90 Å². The number of likely N-dealkylation sites (N-methyl/N-ethyl adjacent to an activating group) is 1. The number of aryl methyl sites for hydroxylation is 2. The third-order valence-electron chi connectivity index (χ3n) is 5.61. The second-order valence-corrected chi connectivity index (χ2v) is 6.74. The molecule has 0 fully saturated rings. The molecule has 4 rings (SSSR count). The zero-order valence-electron chi connectivity index (χ0n) is 14.8. The zero-order valence-corrected chi connectivity index (χ0v) is 14.8. The summed E-state index contributed by atoms with van der Waals surface area (Å²) in [6, 6.07) is 11.2. The van der Waals surface area contributed by atoms with Crippen molar-refractivity contribution in [3.05, 3.63) is 58.1 Å². The van der Waals surface area contributed by atoms with Crippen LogP contribution in [0.15, 0.2) is 30.3 Å². The van der Waals surface area contributed by atoms with Gasteiger partial charge in [-0.1, -0.05) is 31.2 Å². The van der Waals surface area contributed by atoms with E-state index in [1.54, 1.807) is 14.2 Å². The number of hydrogen-bond acceptors (Lipinski definition) is 3. The molecule has 3 heteroatoms. The van der Waals surface area contributed by atoms with Gasteiger partial charge in [-0.15, -0.1) is 0 Å². The Labute approximate surface area is 144 Å². The second-order valence-electron chi connectivity index (χ2n) is 6.74. The van der Waals surface area contributed by atoms with Gasteiger partial charge in [-0.05, 0) is 47.7 Å². The Balaban J connectivity index is 1.98. The summed E-state index contributed by atoms with van der Waals surface area (Å²) in [5.74, 6) is 2.22. The van der Waals surface area contributed by atoms with Crippen molar-refractivity contribution in [2.75, 3.05) is 27.3 Å². The average Bonchev–Trinajstić information content (AvgIpc) is 2.79. The molecule has 1 heterocycles. The summed E-state index contributed by atoms with van der Waals surface area (Å²) in [5, 5.41) is 0. The summed E-state index contributed by atoms with van der Waals surface area (Å²) in [5.41, 5.74) is 7.21. The van der Waals surface area contributed by atoms with Crippen LogP contribution >= 0.6 is 0 Å². The van der Waals surface area contributed by atoms with E-state index in [9.17, 15) is 0 Å². The minimum absolute atomic E-state index is 0.433. The molecule has 0 N–H and O–H groups in total. The van der Waals surface area contributed by atoms with E-state index < -0.39 is 0 Å². The number of fused-ring (bicyclic) bond motifs is 2. The lowest BCUT2D eigenvalue weighted by molar-refractivity contribution is 0.244. The van der Waals surface area contributed by atoms with Crippen molar-refractivity contribution in [1.29, 1.82) is 0 Å². The molecule has 1 atom stereocenters. The molecule has 0 saturated carbocycles. The van der Waals surface area contributed by atoms with Crippen molar-refractivity contribution in [3.63, 3.8) is 0 Å². The normalized spacial score (nSPS) is 19.2. The predicted molar refractivity (Wildman–Crippen MR) is 96.2 cm³/mol. The lowest BCUT2D eigenvalue weighted by Crippen LogP contribution is -2.34. The summed E-state index contributed by atoms with van der Waals surface area (Å²) in [6.07, 6.45) is 2.17. The van der Waals surface area contributed by atoms with Crippen molar-refractivity contribution in [2.45, 2.75) is 32.2 Å². The summed E-state index contributed by atoms with van der Waals surface area (Å²) in [6.45, 7) is 5.32. The SMILES string of the molecule is CCN1Cc2c(OC)c(OC)cc3c2C(C1)c1ccccc1CC3. The van der Waals surface area contributed by atoms with Crippen LogP contribution in [-0.2, 0) is 19.4 Å². The molecule has 0 amide bonds. The lowest BCUT2D eigenvalue weighted by Gasteiger charge is -2.36. The summed E-state index contributed by atoms with van der Waals surface area (Å²) >= 11 is 0. The average molecular weight is 323 g/mol. The summed E-state index contributed by atoms with van der Waals surface area (Å²) < 4.78 is 11.4. The van der Waals surface area contributed by atoms with Crippen LogP contribution in [-0.4, -0.2) is 32.2 Å². The molecule has 126 valence electrons. The van der Waals surface area contributed by atoms with Crippen LogP contribution < -0.4 is 9.47 Å². The molecule has 0 aromatic heterocycles. The Hall–Kier alpha value is -2.00. The van der Waals surface area contributed by atoms with Gasteiger partial charge in [0, 0.05) is 24.6 Å². The topological polar surface area (TPSA) is 21.7 Å². The third-order valence-corrected chi connectivity index (χ3v) is 5.61. The molecular formula is C21H25NO2. The Morgan fingerprint density at radius 1 is 1.08 bits per heavy atom. The molecule has 3 nitrogen and oxygen atoms in total. The summed E-state index contributed by atoms with van der Waals surface area (Å²) in [7, 11) is 3.49. The van der Waals surface area contributed by atoms with E-state index in [4.69, 9.17) is 9.47 Å². The highest BCUT2D eigenvalue weighted by Crippen LogP contribution is 2.46. The van der Waals surface area contributed by atoms with Crippen molar-refractivity contribution < 1.29 is 9.47 Å². The minimum atomic E-state index is 0.433. The maximum Gasteiger partial charge on any atom is 0.165 e. The quantitative estimate of drug-likeness (QED) is 0.858. The van der Waals surface area contributed by atoms with E-state index in [1.807, 2.05) is 0 Å². The fraction of sp³-hybridized carbons (Fsp3) is 0.429. The standard InChI is InChI=1S/C21H25NO2/c1-4-22-12-17-16-8-6-5-7-14(16)9-10-15-11-19(23-2)21(24-3)18(13-22)20(15)17/h5-8,11,17H,4,9-10,12-13H2,1-3H3. The van der Waals surface area contributed by atoms with Crippen LogP contribution in [0, 0.1) is 0 Å². The number of nitrogens with zero attached hydrogens (tertiary/aromatic N) is 1. The van der Waals surface area contributed by atoms with E-state index in [1.165, 1.54) is 27.8 Å². The maximum atomic E-state index is 5.78. The molecule has 2 aliphatic rings. The van der Waals surface area contributed by atoms with Crippen molar-refractivity contribution in [3.8, 4) is 11.5 Å². The minimum Gasteiger partial charge on any atom is -0.493 e. The molecule has 0 saturated heterocycles. The van der Waals surface area contributed by atoms with Gasteiger partial charge < -0.3 is 9.47 Å².